The Balaban J connectivity index is -0.0000000200. The topological polar surface area (TPSA) is 0 Å². The summed E-state index contributed by atoms with van der Waals surface area (Å²) in [6.07, 6.45) is 0. The maximum absolute atomic E-state index is 4.18. The van der Waals surface area contributed by atoms with Gasteiger partial charge in [0.1, 0.15) is 0 Å². The molecule has 0 rings (SSSR count). The zero-order valence-electron chi connectivity index (χ0n) is 2.15. The van der Waals surface area contributed by atoms with Crippen LogP contribution in [0.3, 0.4) is 0 Å². The van der Waals surface area contributed by atoms with Crippen molar-refractivity contribution in [2.24, 2.45) is 0 Å². The molecule has 0 nitrogen and oxygen atoms in total. The van der Waals surface area contributed by atoms with Gasteiger partial charge in [0.2, 0.25) is 0 Å². The van der Waals surface area contributed by atoms with Crippen LogP contribution in [0.1, 0.15) is 0 Å². The van der Waals surface area contributed by atoms with Crippen LogP contribution < -0.4 is 0 Å². The Morgan fingerprint density at radius 2 is 1.00 bits per heavy atom. The van der Waals surface area contributed by atoms with Crippen molar-refractivity contribution in [2.45, 2.75) is 0 Å². The molecule has 0 N–H and O–H groups in total. The van der Waals surface area contributed by atoms with Crippen LogP contribution >= 0.6 is 21.2 Å². The first-order chi connectivity index (χ1) is 1.41. The van der Waals surface area contributed by atoms with Gasteiger partial charge in [-0.05, 0) is 0 Å². The molecule has 0 atom stereocenters. The summed E-state index contributed by atoms with van der Waals surface area (Å²) in [6, 6.07) is 0. The molecule has 0 saturated heterocycles. The molecule has 0 aromatic carbocycles. The molecule has 0 aromatic rings. The Labute approximate surface area is 79.1 Å². The van der Waals surface area contributed by atoms with Crippen LogP contribution in [0.25, 0.3) is 0 Å². The fraction of sp³-hybridized carbons (Fsp3) is 0. The molecule has 0 fully saturated rings. The second-order valence-electron chi connectivity index (χ2n) is 0.0556. The average Bonchev–Trinajstić information content (AvgIpc) is 0.918. The van der Waals surface area contributed by atoms with E-state index in [4.69, 9.17) is 0 Å². The minimum Gasteiger partial charge on any atom is 0 e. The van der Waals surface area contributed by atoms with Gasteiger partial charge in [-0.2, -0.15) is 0 Å². The van der Waals surface area contributed by atoms with E-state index in [2.05, 4.69) is 21.2 Å². The predicted octanol–water partition coefficient (Wildman–Crippen LogP) is 0.532. The van der Waals surface area contributed by atoms with Gasteiger partial charge in [0.15, 0.2) is 0 Å². The zero-order valence-corrected chi connectivity index (χ0v) is 10.5. The van der Waals surface area contributed by atoms with E-state index in [1.54, 1.807) is 0 Å². The van der Waals surface area contributed by atoms with Crippen molar-refractivity contribution < 1.29 is 11.5 Å². The molecule has 0 amide bonds. The smallest absolute Gasteiger partial charge is 0 e. The Morgan fingerprint density at radius 3 is 1.00 bits per heavy atom. The maximum Gasteiger partial charge on any atom is 0 e. The third-order valence-electron chi connectivity index (χ3n) is 0. The first-order valence-corrected chi connectivity index (χ1v) is 3.37. The van der Waals surface area contributed by atoms with Crippen LogP contribution in [-0.4, -0.2) is 47.8 Å². The van der Waals surface area contributed by atoms with Gasteiger partial charge < -0.3 is 0 Å². The van der Waals surface area contributed by atoms with Crippen molar-refractivity contribution in [3.63, 3.8) is 0 Å². The third-order valence-corrected chi connectivity index (χ3v) is 0. The van der Waals surface area contributed by atoms with E-state index >= 15 is 0 Å². The van der Waals surface area contributed by atoms with Crippen molar-refractivity contribution in [1.29, 1.82) is 0 Å². The molecule has 8 radical (unpaired) electrons. The van der Waals surface area contributed by atoms with Gasteiger partial charge in [-0.15, -0.1) is 0 Å². The summed E-state index contributed by atoms with van der Waals surface area (Å²) < 4.78 is 0. The molecular formula is CoS2Sn2. The van der Waals surface area contributed by atoms with E-state index in [-0.39, 0.29) is 47.8 Å². The van der Waals surface area contributed by atoms with Crippen molar-refractivity contribution in [3.8, 4) is 0 Å². The van der Waals surface area contributed by atoms with Crippen LogP contribution in [0.4, 0.5) is 0 Å². The molecular weight excluding hydrogens is 360 g/mol. The fourth-order valence-electron chi connectivity index (χ4n) is 0. The van der Waals surface area contributed by atoms with Gasteiger partial charge in [0.25, 0.3) is 0 Å². The van der Waals surface area contributed by atoms with E-state index in [0.717, 1.165) is 0 Å². The fourth-order valence-corrected chi connectivity index (χ4v) is 0. The first-order valence-electron chi connectivity index (χ1n) is 0.272. The monoisotopic (exact) mass is 363 g/mol. The largest absolute Gasteiger partial charge is 0 e. The molecule has 0 aliphatic rings. The van der Waals surface area contributed by atoms with Crippen LogP contribution in [0, 0.1) is 0 Å². The first kappa shape index (κ1) is 15.6. The zero-order chi connectivity index (χ0) is 2.71. The molecule has 0 bridgehead atoms. The summed E-state index contributed by atoms with van der Waals surface area (Å²) in [6.45, 7) is 0. The van der Waals surface area contributed by atoms with E-state index < -0.39 is 0 Å². The average molecular weight is 360 g/mol. The SMILES string of the molecule is [S]=[Co]=[S].[Sn].[Sn]. The summed E-state index contributed by atoms with van der Waals surface area (Å²) in [5.41, 5.74) is 0. The summed E-state index contributed by atoms with van der Waals surface area (Å²) in [7, 11) is 8.35. The normalized spacial score (nSPS) is 3.20. The third kappa shape index (κ3) is 20.9. The summed E-state index contributed by atoms with van der Waals surface area (Å²) in [4.78, 5) is 0. The number of hydrogen-bond acceptors (Lipinski definition) is 2. The second kappa shape index (κ2) is 16.0. The van der Waals surface area contributed by atoms with E-state index in [0.29, 0.717) is 11.5 Å². The minimum absolute atomic E-state index is 0. The molecule has 0 unspecified atom stereocenters. The maximum atomic E-state index is 4.18. The van der Waals surface area contributed by atoms with Gasteiger partial charge >= 0.3 is 32.7 Å². The number of rotatable bonds is 0. The van der Waals surface area contributed by atoms with E-state index in [1.807, 2.05) is 0 Å². The number of hydrogen-bond donors (Lipinski definition) is 0. The predicted molar refractivity (Wildman–Crippen MR) is 26.7 cm³/mol. The van der Waals surface area contributed by atoms with Crippen molar-refractivity contribution in [1.82, 2.24) is 0 Å². The standard InChI is InChI=1S/Co.2S.2Sn. The summed E-state index contributed by atoms with van der Waals surface area (Å²) in [5.74, 6) is 0. The molecule has 5 heavy (non-hydrogen) atoms. The molecule has 0 saturated carbocycles. The molecule has 0 aliphatic heterocycles. The molecule has 0 aromatic heterocycles. The second-order valence-corrected chi connectivity index (χ2v) is 2.06. The Kier molecular flexibility index (Phi) is 50.1. The molecule has 0 aliphatic carbocycles. The molecule has 5 heteroatoms. The van der Waals surface area contributed by atoms with Crippen LogP contribution in [0.15, 0.2) is 0 Å². The van der Waals surface area contributed by atoms with Gasteiger partial charge in [-0.25, -0.2) is 0 Å². The van der Waals surface area contributed by atoms with E-state index in [9.17, 15) is 0 Å². The Hall–Kier alpha value is 2.54. The van der Waals surface area contributed by atoms with Gasteiger partial charge in [-0.3, -0.25) is 0 Å². The van der Waals surface area contributed by atoms with Crippen LogP contribution in [-0.2, 0) is 11.5 Å². The van der Waals surface area contributed by atoms with Crippen molar-refractivity contribution >= 4 is 69.0 Å². The van der Waals surface area contributed by atoms with Gasteiger partial charge in [0, 0.05) is 47.8 Å². The molecule has 29 valence electrons. The molecule has 0 heterocycles. The van der Waals surface area contributed by atoms with E-state index in [1.165, 1.54) is 0 Å². The van der Waals surface area contributed by atoms with Gasteiger partial charge in [-0.1, -0.05) is 0 Å². The van der Waals surface area contributed by atoms with Crippen molar-refractivity contribution in [3.05, 3.63) is 0 Å². The van der Waals surface area contributed by atoms with Crippen molar-refractivity contribution in [2.75, 3.05) is 0 Å². The quantitative estimate of drug-likeness (QED) is 0.578. The summed E-state index contributed by atoms with van der Waals surface area (Å²) >= 11 is 0.604. The Bertz CT molecular complexity index is 28.6. The van der Waals surface area contributed by atoms with Gasteiger partial charge in [0.05, 0.1) is 0 Å². The molecule has 0 spiro atoms. The summed E-state index contributed by atoms with van der Waals surface area (Å²) in [5, 5.41) is 0. The minimum atomic E-state index is 0. The van der Waals surface area contributed by atoms with Crippen LogP contribution in [0.2, 0.25) is 0 Å². The Morgan fingerprint density at radius 1 is 1.00 bits per heavy atom. The van der Waals surface area contributed by atoms with Crippen LogP contribution in [0.5, 0.6) is 0 Å².